The molecule has 2 aromatic heterocycles. The molecule has 0 aliphatic carbocycles. The topological polar surface area (TPSA) is 62.2 Å². The average molecular weight is 315 g/mol. The Morgan fingerprint density at radius 1 is 1.26 bits per heavy atom. The molecule has 1 saturated heterocycles. The van der Waals surface area contributed by atoms with Crippen molar-refractivity contribution >= 4 is 11.7 Å². The van der Waals surface area contributed by atoms with Crippen LogP contribution in [0, 0.1) is 12.7 Å². The van der Waals surface area contributed by atoms with Crippen molar-refractivity contribution in [1.29, 1.82) is 0 Å². The number of rotatable bonds is 3. The maximum absolute atomic E-state index is 14.1. The first-order valence-corrected chi connectivity index (χ1v) is 7.54. The average Bonchev–Trinajstić information content (AvgIpc) is 2.58. The second-order valence-electron chi connectivity index (χ2n) is 5.50. The van der Waals surface area contributed by atoms with Gasteiger partial charge < -0.3 is 9.80 Å². The van der Waals surface area contributed by atoms with E-state index in [9.17, 15) is 9.18 Å². The van der Waals surface area contributed by atoms with Crippen LogP contribution in [0.5, 0.6) is 0 Å². The first kappa shape index (κ1) is 15.3. The van der Waals surface area contributed by atoms with Gasteiger partial charge in [-0.15, -0.1) is 0 Å². The molecule has 0 saturated carbocycles. The number of aromatic nitrogens is 3. The molecule has 0 radical (unpaired) electrons. The first-order chi connectivity index (χ1) is 11.1. The molecule has 0 atom stereocenters. The van der Waals surface area contributed by atoms with Crippen LogP contribution in [0.2, 0.25) is 0 Å². The van der Waals surface area contributed by atoms with E-state index < -0.39 is 0 Å². The van der Waals surface area contributed by atoms with Crippen LogP contribution < -0.4 is 4.90 Å². The second kappa shape index (κ2) is 6.68. The molecule has 3 rings (SSSR count). The van der Waals surface area contributed by atoms with E-state index in [1.807, 2.05) is 17.0 Å². The van der Waals surface area contributed by atoms with Crippen molar-refractivity contribution < 1.29 is 9.18 Å². The monoisotopic (exact) mass is 315 g/mol. The molecule has 0 N–H and O–H groups in total. The highest BCUT2D eigenvalue weighted by atomic mass is 19.1. The number of carbonyl (C=O) groups excluding carboxylic acids is 1. The van der Waals surface area contributed by atoms with Crippen LogP contribution in [-0.4, -0.2) is 51.9 Å². The minimum atomic E-state index is -0.386. The molecule has 23 heavy (non-hydrogen) atoms. The molecule has 0 aromatic carbocycles. The van der Waals surface area contributed by atoms with Crippen LogP contribution in [0.3, 0.4) is 0 Å². The van der Waals surface area contributed by atoms with Crippen LogP contribution in [0.15, 0.2) is 30.9 Å². The predicted octanol–water partition coefficient (Wildman–Crippen LogP) is 1.21. The van der Waals surface area contributed by atoms with E-state index in [2.05, 4.69) is 15.0 Å². The Morgan fingerprint density at radius 3 is 2.74 bits per heavy atom. The van der Waals surface area contributed by atoms with Gasteiger partial charge in [0.2, 0.25) is 5.91 Å². The van der Waals surface area contributed by atoms with Gasteiger partial charge in [0, 0.05) is 38.6 Å². The van der Waals surface area contributed by atoms with Crippen molar-refractivity contribution in [1.82, 2.24) is 19.9 Å². The zero-order chi connectivity index (χ0) is 16.2. The minimum Gasteiger partial charge on any atom is -0.351 e. The molecular weight excluding hydrogens is 297 g/mol. The van der Waals surface area contributed by atoms with Gasteiger partial charge in [-0.25, -0.2) is 14.4 Å². The highest BCUT2D eigenvalue weighted by molar-refractivity contribution is 5.79. The molecule has 1 amide bonds. The molecule has 120 valence electrons. The summed E-state index contributed by atoms with van der Waals surface area (Å²) in [5.74, 6) is -0.00325. The molecule has 2 aromatic rings. The van der Waals surface area contributed by atoms with Crippen molar-refractivity contribution in [3.63, 3.8) is 0 Å². The summed E-state index contributed by atoms with van der Waals surface area (Å²) in [5, 5.41) is 0. The SMILES string of the molecule is Cc1ncnc(N2CCN(C(=O)Cc3cccnc3)CC2)c1F. The molecule has 7 heteroatoms. The fourth-order valence-corrected chi connectivity index (χ4v) is 2.62. The van der Waals surface area contributed by atoms with Gasteiger partial charge in [-0.3, -0.25) is 9.78 Å². The molecule has 1 aliphatic heterocycles. The van der Waals surface area contributed by atoms with E-state index in [1.54, 1.807) is 24.2 Å². The predicted molar refractivity (Wildman–Crippen MR) is 83.5 cm³/mol. The van der Waals surface area contributed by atoms with Crippen LogP contribution in [-0.2, 0) is 11.2 Å². The van der Waals surface area contributed by atoms with Gasteiger partial charge in [-0.1, -0.05) is 6.07 Å². The Labute approximate surface area is 134 Å². The largest absolute Gasteiger partial charge is 0.351 e. The molecule has 6 nitrogen and oxygen atoms in total. The van der Waals surface area contributed by atoms with Crippen molar-refractivity contribution in [2.75, 3.05) is 31.1 Å². The van der Waals surface area contributed by atoms with E-state index >= 15 is 0 Å². The molecule has 1 fully saturated rings. The fraction of sp³-hybridized carbons (Fsp3) is 0.375. The lowest BCUT2D eigenvalue weighted by molar-refractivity contribution is -0.130. The lowest BCUT2D eigenvalue weighted by Gasteiger charge is -2.35. The van der Waals surface area contributed by atoms with Crippen LogP contribution in [0.25, 0.3) is 0 Å². The van der Waals surface area contributed by atoms with Gasteiger partial charge in [0.25, 0.3) is 0 Å². The Bertz CT molecular complexity index is 686. The third-order valence-corrected chi connectivity index (χ3v) is 3.96. The molecule has 1 aliphatic rings. The minimum absolute atomic E-state index is 0.0667. The van der Waals surface area contributed by atoms with Crippen LogP contribution in [0.1, 0.15) is 11.3 Å². The summed E-state index contributed by atoms with van der Waals surface area (Å²) in [6.45, 7) is 3.86. The molecule has 3 heterocycles. The van der Waals surface area contributed by atoms with E-state index in [0.717, 1.165) is 5.56 Å². The van der Waals surface area contributed by atoms with E-state index in [1.165, 1.54) is 6.33 Å². The first-order valence-electron chi connectivity index (χ1n) is 7.54. The van der Waals surface area contributed by atoms with Crippen LogP contribution in [0.4, 0.5) is 10.2 Å². The molecule has 0 unspecified atom stereocenters. The van der Waals surface area contributed by atoms with E-state index in [4.69, 9.17) is 0 Å². The summed E-state index contributed by atoms with van der Waals surface area (Å²) >= 11 is 0. The quantitative estimate of drug-likeness (QED) is 0.852. The van der Waals surface area contributed by atoms with Crippen molar-refractivity contribution in [3.05, 3.63) is 47.9 Å². The number of nitrogens with zero attached hydrogens (tertiary/aromatic N) is 5. The normalized spacial score (nSPS) is 14.9. The summed E-state index contributed by atoms with van der Waals surface area (Å²) in [6.07, 6.45) is 5.10. The maximum atomic E-state index is 14.1. The summed E-state index contributed by atoms with van der Waals surface area (Å²) in [7, 11) is 0. The Kier molecular flexibility index (Phi) is 4.45. The summed E-state index contributed by atoms with van der Waals surface area (Å²) in [6, 6.07) is 3.71. The smallest absolute Gasteiger partial charge is 0.227 e. The number of pyridine rings is 1. The van der Waals surface area contributed by atoms with Crippen molar-refractivity contribution in [2.24, 2.45) is 0 Å². The van der Waals surface area contributed by atoms with Crippen LogP contribution >= 0.6 is 0 Å². The number of anilines is 1. The number of hydrogen-bond donors (Lipinski definition) is 0. The number of hydrogen-bond acceptors (Lipinski definition) is 5. The maximum Gasteiger partial charge on any atom is 0.227 e. The van der Waals surface area contributed by atoms with Gasteiger partial charge in [-0.05, 0) is 18.6 Å². The fourth-order valence-electron chi connectivity index (χ4n) is 2.62. The molecular formula is C16H18FN5O. The molecule has 0 spiro atoms. The summed E-state index contributed by atoms with van der Waals surface area (Å²) in [4.78, 5) is 27.9. The number of amides is 1. The molecule has 0 bridgehead atoms. The number of halogens is 1. The van der Waals surface area contributed by atoms with Gasteiger partial charge >= 0.3 is 0 Å². The highest BCUT2D eigenvalue weighted by Crippen LogP contribution is 2.19. The number of piperazine rings is 1. The van der Waals surface area contributed by atoms with Gasteiger partial charge in [-0.2, -0.15) is 0 Å². The van der Waals surface area contributed by atoms with Crippen molar-refractivity contribution in [3.8, 4) is 0 Å². The van der Waals surface area contributed by atoms with Crippen molar-refractivity contribution in [2.45, 2.75) is 13.3 Å². The zero-order valence-corrected chi connectivity index (χ0v) is 12.9. The van der Waals surface area contributed by atoms with Gasteiger partial charge in [0.05, 0.1) is 12.1 Å². The van der Waals surface area contributed by atoms with Gasteiger partial charge in [0.1, 0.15) is 6.33 Å². The van der Waals surface area contributed by atoms with Gasteiger partial charge in [0.15, 0.2) is 11.6 Å². The van der Waals surface area contributed by atoms with E-state index in [0.29, 0.717) is 44.1 Å². The zero-order valence-electron chi connectivity index (χ0n) is 12.9. The second-order valence-corrected chi connectivity index (χ2v) is 5.50. The lowest BCUT2D eigenvalue weighted by atomic mass is 10.2. The van der Waals surface area contributed by atoms with E-state index in [-0.39, 0.29) is 11.7 Å². The third-order valence-electron chi connectivity index (χ3n) is 3.96. The standard InChI is InChI=1S/C16H18FN5O/c1-12-15(17)16(20-11-19-12)22-7-5-21(6-8-22)14(23)9-13-3-2-4-18-10-13/h2-4,10-11H,5-9H2,1H3. The third kappa shape index (κ3) is 3.44. The summed E-state index contributed by atoms with van der Waals surface area (Å²) < 4.78 is 14.1. The Hall–Kier alpha value is -2.57. The Morgan fingerprint density at radius 2 is 2.04 bits per heavy atom. The highest BCUT2D eigenvalue weighted by Gasteiger charge is 2.24. The Balaban J connectivity index is 1.60. The number of carbonyl (C=O) groups is 1. The lowest BCUT2D eigenvalue weighted by Crippen LogP contribution is -2.49. The number of aryl methyl sites for hydroxylation is 1. The summed E-state index contributed by atoms with van der Waals surface area (Å²) in [5.41, 5.74) is 1.24.